The molecule has 1 aromatic carbocycles. The van der Waals surface area contributed by atoms with Gasteiger partial charge in [-0.25, -0.2) is 4.79 Å². The highest BCUT2D eigenvalue weighted by Gasteiger charge is 2.56. The van der Waals surface area contributed by atoms with Crippen molar-refractivity contribution >= 4 is 11.9 Å². The maximum atomic E-state index is 12.7. The van der Waals surface area contributed by atoms with Crippen LogP contribution in [0.1, 0.15) is 18.9 Å². The van der Waals surface area contributed by atoms with E-state index in [1.807, 2.05) is 37.3 Å². The zero-order valence-electron chi connectivity index (χ0n) is 14.1. The number of nitrogens with zero attached hydrogens (tertiary/aromatic N) is 1. The van der Waals surface area contributed by atoms with Crippen LogP contribution in [0.25, 0.3) is 0 Å². The summed E-state index contributed by atoms with van der Waals surface area (Å²) in [6.45, 7) is 3.13. The van der Waals surface area contributed by atoms with Crippen LogP contribution in [0.15, 0.2) is 42.5 Å². The molecule has 0 aliphatic carbocycles. The quantitative estimate of drug-likeness (QED) is 0.842. The molecule has 0 unspecified atom stereocenters. The van der Waals surface area contributed by atoms with Gasteiger partial charge in [0.15, 0.2) is 11.6 Å². The van der Waals surface area contributed by atoms with Crippen LogP contribution in [0.3, 0.4) is 0 Å². The minimum absolute atomic E-state index is 0.0722. The van der Waals surface area contributed by atoms with Crippen LogP contribution in [0.5, 0.6) is 0 Å². The number of ether oxygens (including phenoxy) is 3. The molecule has 3 aliphatic rings. The maximum absolute atomic E-state index is 12.7. The first-order chi connectivity index (χ1) is 12.1. The Labute approximate surface area is 146 Å². The molecule has 0 saturated carbocycles. The first-order valence-electron chi connectivity index (χ1n) is 8.57. The molecule has 0 spiro atoms. The van der Waals surface area contributed by atoms with Gasteiger partial charge in [0, 0.05) is 5.92 Å². The van der Waals surface area contributed by atoms with E-state index in [0.29, 0.717) is 19.6 Å². The number of fused-ring (bicyclic) bond motifs is 2. The summed E-state index contributed by atoms with van der Waals surface area (Å²) in [6, 6.07) is 8.73. The van der Waals surface area contributed by atoms with Crippen LogP contribution >= 0.6 is 0 Å². The molecule has 4 rings (SSSR count). The Morgan fingerprint density at radius 1 is 1.28 bits per heavy atom. The fraction of sp³-hybridized carbons (Fsp3) is 0.474. The van der Waals surface area contributed by atoms with E-state index < -0.39 is 17.9 Å². The number of benzene rings is 1. The van der Waals surface area contributed by atoms with Gasteiger partial charge in [0.1, 0.15) is 6.61 Å². The summed E-state index contributed by atoms with van der Waals surface area (Å²) < 4.78 is 17.0. The lowest BCUT2D eigenvalue weighted by Gasteiger charge is -2.35. The summed E-state index contributed by atoms with van der Waals surface area (Å²) in [7, 11) is 0. The van der Waals surface area contributed by atoms with E-state index in [-0.39, 0.29) is 24.3 Å². The zero-order valence-corrected chi connectivity index (χ0v) is 14.1. The van der Waals surface area contributed by atoms with Crippen LogP contribution in [0.4, 0.5) is 4.79 Å². The Bertz CT molecular complexity index is 695. The van der Waals surface area contributed by atoms with Crippen LogP contribution in [-0.4, -0.2) is 47.9 Å². The van der Waals surface area contributed by atoms with Crippen molar-refractivity contribution in [1.29, 1.82) is 0 Å². The van der Waals surface area contributed by atoms with Crippen molar-refractivity contribution in [2.45, 2.75) is 37.8 Å². The van der Waals surface area contributed by atoms with Crippen molar-refractivity contribution in [2.24, 2.45) is 5.92 Å². The molecule has 132 valence electrons. The van der Waals surface area contributed by atoms with Crippen molar-refractivity contribution in [3.8, 4) is 0 Å². The summed E-state index contributed by atoms with van der Waals surface area (Å²) in [5.74, 6) is -0.934. The van der Waals surface area contributed by atoms with Gasteiger partial charge in [0.25, 0.3) is 0 Å². The molecule has 0 N–H and O–H groups in total. The third kappa shape index (κ3) is 2.85. The normalized spacial score (nSPS) is 29.9. The highest BCUT2D eigenvalue weighted by Crippen LogP contribution is 2.44. The second-order valence-corrected chi connectivity index (χ2v) is 6.77. The molecule has 25 heavy (non-hydrogen) atoms. The molecular weight excluding hydrogens is 322 g/mol. The standard InChI is InChI=1S/C19H21NO5/c1-19(24-9-10-25-19)14-11-16-17(21)8-7-15(14)20(16)18(22)23-12-13-5-3-2-4-6-13/h2-8,14-16H,9-12H2,1H3/t14-,15+,16+/m0/s1. The van der Waals surface area contributed by atoms with E-state index in [1.54, 1.807) is 17.1 Å². The highest BCUT2D eigenvalue weighted by molar-refractivity contribution is 5.98. The molecule has 1 aromatic rings. The van der Waals surface area contributed by atoms with E-state index in [9.17, 15) is 9.59 Å². The van der Waals surface area contributed by atoms with Crippen LogP contribution in [-0.2, 0) is 25.6 Å². The average molecular weight is 343 g/mol. The smallest absolute Gasteiger partial charge is 0.411 e. The molecule has 2 fully saturated rings. The van der Waals surface area contributed by atoms with E-state index in [2.05, 4.69) is 0 Å². The Morgan fingerprint density at radius 3 is 2.72 bits per heavy atom. The largest absolute Gasteiger partial charge is 0.445 e. The molecule has 3 heterocycles. The fourth-order valence-corrected chi connectivity index (χ4v) is 3.99. The van der Waals surface area contributed by atoms with Crippen molar-refractivity contribution in [3.05, 3.63) is 48.0 Å². The number of ketones is 1. The van der Waals surface area contributed by atoms with E-state index in [4.69, 9.17) is 14.2 Å². The van der Waals surface area contributed by atoms with Gasteiger partial charge in [-0.15, -0.1) is 0 Å². The molecule has 1 amide bonds. The summed E-state index contributed by atoms with van der Waals surface area (Å²) in [4.78, 5) is 26.5. The van der Waals surface area contributed by atoms with Crippen LogP contribution in [0, 0.1) is 5.92 Å². The Morgan fingerprint density at radius 2 is 2.00 bits per heavy atom. The van der Waals surface area contributed by atoms with Crippen molar-refractivity contribution in [3.63, 3.8) is 0 Å². The first-order valence-corrected chi connectivity index (χ1v) is 8.57. The lowest BCUT2D eigenvalue weighted by Crippen LogP contribution is -2.49. The third-order valence-corrected chi connectivity index (χ3v) is 5.28. The Balaban J connectivity index is 1.51. The molecule has 3 aliphatic heterocycles. The average Bonchev–Trinajstić information content (AvgIpc) is 3.19. The number of carbonyl (C=O) groups excluding carboxylic acids is 2. The SMILES string of the molecule is CC1([C@H]2C[C@@H]3C(=O)C=C[C@H]2N3C(=O)OCc2ccccc2)OCCO1. The molecule has 6 heteroatoms. The molecule has 2 bridgehead atoms. The zero-order chi connectivity index (χ0) is 17.4. The Hall–Kier alpha value is -2.18. The highest BCUT2D eigenvalue weighted by atomic mass is 16.7. The monoisotopic (exact) mass is 343 g/mol. The summed E-state index contributed by atoms with van der Waals surface area (Å²) >= 11 is 0. The summed E-state index contributed by atoms with van der Waals surface area (Å²) in [5, 5.41) is 0. The molecule has 2 saturated heterocycles. The Kier molecular flexibility index (Phi) is 4.09. The van der Waals surface area contributed by atoms with Crippen LogP contribution < -0.4 is 0 Å². The molecular formula is C19H21NO5. The fourth-order valence-electron chi connectivity index (χ4n) is 3.99. The van der Waals surface area contributed by atoms with Gasteiger partial charge in [0.05, 0.1) is 25.3 Å². The number of hydrogen-bond acceptors (Lipinski definition) is 5. The molecule has 6 nitrogen and oxygen atoms in total. The minimum atomic E-state index is -0.771. The summed E-state index contributed by atoms with van der Waals surface area (Å²) in [6.07, 6.45) is 3.39. The van der Waals surface area contributed by atoms with Gasteiger partial charge in [-0.2, -0.15) is 0 Å². The predicted octanol–water partition coefficient (Wildman–Crippen LogP) is 2.28. The van der Waals surface area contributed by atoms with Gasteiger partial charge >= 0.3 is 6.09 Å². The first kappa shape index (κ1) is 16.3. The van der Waals surface area contributed by atoms with Gasteiger partial charge in [-0.05, 0) is 25.0 Å². The van der Waals surface area contributed by atoms with Gasteiger partial charge in [-0.3, -0.25) is 9.69 Å². The molecule has 3 atom stereocenters. The van der Waals surface area contributed by atoms with E-state index >= 15 is 0 Å². The topological polar surface area (TPSA) is 65.1 Å². The van der Waals surface area contributed by atoms with E-state index in [0.717, 1.165) is 5.56 Å². The van der Waals surface area contributed by atoms with Crippen molar-refractivity contribution < 1.29 is 23.8 Å². The molecule has 0 aromatic heterocycles. The van der Waals surface area contributed by atoms with Crippen molar-refractivity contribution in [2.75, 3.05) is 13.2 Å². The second kappa shape index (κ2) is 6.28. The number of amides is 1. The number of hydrogen-bond donors (Lipinski definition) is 0. The minimum Gasteiger partial charge on any atom is -0.445 e. The van der Waals surface area contributed by atoms with E-state index in [1.165, 1.54) is 0 Å². The number of rotatable bonds is 3. The van der Waals surface area contributed by atoms with Crippen molar-refractivity contribution in [1.82, 2.24) is 4.90 Å². The van der Waals surface area contributed by atoms with Gasteiger partial charge in [0.2, 0.25) is 0 Å². The lowest BCUT2D eigenvalue weighted by atomic mass is 9.91. The maximum Gasteiger partial charge on any atom is 0.411 e. The second-order valence-electron chi connectivity index (χ2n) is 6.77. The van der Waals surface area contributed by atoms with Gasteiger partial charge < -0.3 is 14.2 Å². The van der Waals surface area contributed by atoms with Crippen LogP contribution in [0.2, 0.25) is 0 Å². The molecule has 0 radical (unpaired) electrons. The van der Waals surface area contributed by atoms with Gasteiger partial charge in [-0.1, -0.05) is 36.4 Å². The number of carbonyl (C=O) groups is 2. The summed E-state index contributed by atoms with van der Waals surface area (Å²) in [5.41, 5.74) is 0.910. The lowest BCUT2D eigenvalue weighted by molar-refractivity contribution is -0.182. The predicted molar refractivity (Wildman–Crippen MR) is 88.6 cm³/mol. The third-order valence-electron chi connectivity index (χ3n) is 5.28.